The lowest BCUT2D eigenvalue weighted by Gasteiger charge is -2.23. The predicted octanol–water partition coefficient (Wildman–Crippen LogP) is 1.02. The van der Waals surface area contributed by atoms with Gasteiger partial charge in [0.05, 0.1) is 18.4 Å². The highest BCUT2D eigenvalue weighted by atomic mass is 35.5. The van der Waals surface area contributed by atoms with Crippen LogP contribution in [0.3, 0.4) is 0 Å². The van der Waals surface area contributed by atoms with Crippen molar-refractivity contribution in [1.82, 2.24) is 9.62 Å². The molecule has 1 aliphatic heterocycles. The Morgan fingerprint density at radius 3 is 2.68 bits per heavy atom. The van der Waals surface area contributed by atoms with E-state index in [1.165, 1.54) is 11.4 Å². The summed E-state index contributed by atoms with van der Waals surface area (Å²) >= 11 is 0. The van der Waals surface area contributed by atoms with Crippen molar-refractivity contribution >= 4 is 28.4 Å². The molecule has 1 aromatic carbocycles. The van der Waals surface area contributed by atoms with Gasteiger partial charge in [0, 0.05) is 19.6 Å². The molecule has 1 fully saturated rings. The molecule has 1 aliphatic rings. The Morgan fingerprint density at radius 2 is 2.09 bits per heavy atom. The summed E-state index contributed by atoms with van der Waals surface area (Å²) in [7, 11) is -0.603. The quantitative estimate of drug-likeness (QED) is 0.804. The molecule has 22 heavy (non-hydrogen) atoms. The summed E-state index contributed by atoms with van der Waals surface area (Å²) in [5.74, 6) is -0.725. The van der Waals surface area contributed by atoms with Gasteiger partial charge in [-0.3, -0.25) is 0 Å². The molecule has 0 amide bonds. The van der Waals surface area contributed by atoms with E-state index in [0.717, 1.165) is 13.0 Å². The van der Waals surface area contributed by atoms with Crippen molar-refractivity contribution in [3.8, 4) is 0 Å². The Kier molecular flexibility index (Phi) is 6.80. The fourth-order valence-electron chi connectivity index (χ4n) is 2.43. The number of nitrogens with one attached hydrogen (secondary N) is 1. The number of hydrogen-bond donors (Lipinski definition) is 1. The monoisotopic (exact) mass is 348 g/mol. The minimum atomic E-state index is -3.48. The summed E-state index contributed by atoms with van der Waals surface area (Å²) in [6.07, 6.45) is 0.800. The number of halogens is 1. The third-order valence-corrected chi connectivity index (χ3v) is 5.60. The van der Waals surface area contributed by atoms with E-state index in [1.807, 2.05) is 0 Å². The summed E-state index contributed by atoms with van der Waals surface area (Å²) in [6, 6.07) is 6.60. The second kappa shape index (κ2) is 7.92. The minimum absolute atomic E-state index is 0. The van der Waals surface area contributed by atoms with Crippen LogP contribution in [0.2, 0.25) is 0 Å². The van der Waals surface area contributed by atoms with Gasteiger partial charge in [0.25, 0.3) is 0 Å². The van der Waals surface area contributed by atoms with Gasteiger partial charge in [0.2, 0.25) is 10.0 Å². The van der Waals surface area contributed by atoms with E-state index >= 15 is 0 Å². The van der Waals surface area contributed by atoms with E-state index in [1.54, 1.807) is 31.3 Å². The summed E-state index contributed by atoms with van der Waals surface area (Å²) in [5, 5.41) is 3.15. The minimum Gasteiger partial charge on any atom is -0.465 e. The Morgan fingerprint density at radius 1 is 1.41 bits per heavy atom. The Bertz CT molecular complexity index is 615. The predicted molar refractivity (Wildman–Crippen MR) is 86.7 cm³/mol. The van der Waals surface area contributed by atoms with Crippen LogP contribution in [0.5, 0.6) is 0 Å². The molecule has 8 heteroatoms. The van der Waals surface area contributed by atoms with Crippen molar-refractivity contribution in [1.29, 1.82) is 0 Å². The van der Waals surface area contributed by atoms with Crippen molar-refractivity contribution in [3.05, 3.63) is 35.4 Å². The highest BCUT2D eigenvalue weighted by Crippen LogP contribution is 2.18. The van der Waals surface area contributed by atoms with E-state index in [4.69, 9.17) is 4.74 Å². The topological polar surface area (TPSA) is 75.7 Å². The number of esters is 1. The second-order valence-electron chi connectivity index (χ2n) is 5.07. The first kappa shape index (κ1) is 18.9. The van der Waals surface area contributed by atoms with Crippen molar-refractivity contribution < 1.29 is 17.9 Å². The van der Waals surface area contributed by atoms with Crippen LogP contribution in [-0.2, 0) is 20.5 Å². The molecule has 1 atom stereocenters. The van der Waals surface area contributed by atoms with Crippen LogP contribution >= 0.6 is 12.4 Å². The zero-order valence-electron chi connectivity index (χ0n) is 12.6. The van der Waals surface area contributed by atoms with E-state index in [2.05, 4.69) is 5.32 Å². The van der Waals surface area contributed by atoms with Crippen molar-refractivity contribution in [2.75, 3.05) is 27.2 Å². The van der Waals surface area contributed by atoms with Crippen LogP contribution in [0, 0.1) is 0 Å². The number of likely N-dealkylation sites (N-methyl/N-ethyl adjacent to an activating group) is 1. The molecule has 6 nitrogen and oxygen atoms in total. The second-order valence-corrected chi connectivity index (χ2v) is 7.10. The molecule has 0 radical (unpaired) electrons. The Labute approximate surface area is 137 Å². The molecule has 1 N–H and O–H groups in total. The van der Waals surface area contributed by atoms with Gasteiger partial charge < -0.3 is 10.1 Å². The molecule has 1 aromatic rings. The first-order valence-corrected chi connectivity index (χ1v) is 8.39. The summed E-state index contributed by atoms with van der Waals surface area (Å²) in [6.45, 7) is 1.48. The zero-order valence-corrected chi connectivity index (χ0v) is 14.2. The lowest BCUT2D eigenvalue weighted by atomic mass is 10.1. The number of benzene rings is 1. The first-order chi connectivity index (χ1) is 9.95. The number of hydrogen-bond acceptors (Lipinski definition) is 5. The van der Waals surface area contributed by atoms with Crippen LogP contribution in [0.4, 0.5) is 0 Å². The maximum Gasteiger partial charge on any atom is 0.338 e. The molecule has 0 aromatic heterocycles. The molecule has 0 aliphatic carbocycles. The number of nitrogens with zero attached hydrogens (tertiary/aromatic N) is 1. The van der Waals surface area contributed by atoms with Crippen LogP contribution in [0.1, 0.15) is 22.3 Å². The number of methoxy groups -OCH3 is 1. The maximum absolute atomic E-state index is 12.5. The maximum atomic E-state index is 12.5. The smallest absolute Gasteiger partial charge is 0.338 e. The van der Waals surface area contributed by atoms with Gasteiger partial charge in [0.15, 0.2) is 0 Å². The summed E-state index contributed by atoms with van der Waals surface area (Å²) in [4.78, 5) is 11.7. The van der Waals surface area contributed by atoms with Crippen LogP contribution < -0.4 is 5.32 Å². The fourth-order valence-corrected chi connectivity index (χ4v) is 3.91. The van der Waals surface area contributed by atoms with Crippen molar-refractivity contribution in [2.45, 2.75) is 18.2 Å². The number of sulfonamides is 1. The summed E-state index contributed by atoms with van der Waals surface area (Å²) in [5.41, 5.74) is 0.753. The standard InChI is InChI=1S/C14H20N2O4S.ClH/c1-16(12-7-8-15-9-12)21(18,19)10-11-5-3-4-6-13(11)14(17)20-2;/h3-6,12,15H,7-10H2,1-2H3;1H. The molecule has 0 bridgehead atoms. The van der Waals surface area contributed by atoms with E-state index in [9.17, 15) is 13.2 Å². The SMILES string of the molecule is COC(=O)c1ccccc1CS(=O)(=O)N(C)C1CCNC1.Cl. The number of ether oxygens (including phenoxy) is 1. The van der Waals surface area contributed by atoms with Gasteiger partial charge in [-0.15, -0.1) is 12.4 Å². The highest BCUT2D eigenvalue weighted by Gasteiger charge is 2.29. The molecule has 1 unspecified atom stereocenters. The third-order valence-electron chi connectivity index (χ3n) is 3.75. The van der Waals surface area contributed by atoms with E-state index < -0.39 is 16.0 Å². The van der Waals surface area contributed by atoms with Gasteiger partial charge in [0.1, 0.15) is 0 Å². The molecule has 1 saturated heterocycles. The van der Waals surface area contributed by atoms with Gasteiger partial charge in [-0.2, -0.15) is 0 Å². The van der Waals surface area contributed by atoms with Gasteiger partial charge in [-0.1, -0.05) is 18.2 Å². The molecule has 1 heterocycles. The zero-order chi connectivity index (χ0) is 15.5. The van der Waals surface area contributed by atoms with Crippen LogP contribution in [-0.4, -0.2) is 52.0 Å². The fraction of sp³-hybridized carbons (Fsp3) is 0.500. The van der Waals surface area contributed by atoms with Gasteiger partial charge in [-0.05, 0) is 24.6 Å². The molecule has 2 rings (SSSR count). The van der Waals surface area contributed by atoms with Gasteiger partial charge in [-0.25, -0.2) is 17.5 Å². The third kappa shape index (κ3) is 4.19. The van der Waals surface area contributed by atoms with Crippen LogP contribution in [0.15, 0.2) is 24.3 Å². The number of carbonyl (C=O) groups excluding carboxylic acids is 1. The first-order valence-electron chi connectivity index (χ1n) is 6.78. The Hall–Kier alpha value is -1.15. The average Bonchev–Trinajstić information content (AvgIpc) is 3.00. The largest absolute Gasteiger partial charge is 0.465 e. The normalized spacial score (nSPS) is 18.0. The van der Waals surface area contributed by atoms with Crippen LogP contribution in [0.25, 0.3) is 0 Å². The van der Waals surface area contributed by atoms with Gasteiger partial charge >= 0.3 is 5.97 Å². The van der Waals surface area contributed by atoms with Crippen molar-refractivity contribution in [3.63, 3.8) is 0 Å². The number of carbonyl (C=O) groups is 1. The Balaban J connectivity index is 0.00000242. The molecule has 124 valence electrons. The molecule has 0 saturated carbocycles. The lowest BCUT2D eigenvalue weighted by molar-refractivity contribution is 0.0600. The molecular weight excluding hydrogens is 328 g/mol. The highest BCUT2D eigenvalue weighted by molar-refractivity contribution is 7.88. The molecular formula is C14H21ClN2O4S. The van der Waals surface area contributed by atoms with E-state index in [-0.39, 0.29) is 24.2 Å². The average molecular weight is 349 g/mol. The summed E-state index contributed by atoms with van der Waals surface area (Å²) < 4.78 is 31.1. The van der Waals surface area contributed by atoms with E-state index in [0.29, 0.717) is 17.7 Å². The lowest BCUT2D eigenvalue weighted by Crippen LogP contribution is -2.39. The molecule has 0 spiro atoms. The number of rotatable bonds is 5. The van der Waals surface area contributed by atoms with Crippen molar-refractivity contribution in [2.24, 2.45) is 0 Å².